The van der Waals surface area contributed by atoms with Crippen LogP contribution < -0.4 is 5.32 Å². The van der Waals surface area contributed by atoms with Crippen molar-refractivity contribution in [1.29, 1.82) is 0 Å². The predicted molar refractivity (Wildman–Crippen MR) is 60.9 cm³/mol. The first-order valence-electron chi connectivity index (χ1n) is 5.28. The van der Waals surface area contributed by atoms with Gasteiger partial charge in [0.05, 0.1) is 19.3 Å². The van der Waals surface area contributed by atoms with Gasteiger partial charge in [-0.15, -0.1) is 0 Å². The van der Waals surface area contributed by atoms with Gasteiger partial charge in [-0.3, -0.25) is 0 Å². The highest BCUT2D eigenvalue weighted by molar-refractivity contribution is 5.19. The lowest BCUT2D eigenvalue weighted by Gasteiger charge is -2.17. The van der Waals surface area contributed by atoms with Gasteiger partial charge in [0.2, 0.25) is 0 Å². The Labute approximate surface area is 95.6 Å². The van der Waals surface area contributed by atoms with E-state index >= 15 is 0 Å². The fourth-order valence-electron chi connectivity index (χ4n) is 1.41. The fraction of sp³-hybridized carbons (Fsp3) is 0.500. The van der Waals surface area contributed by atoms with Crippen LogP contribution in [0.15, 0.2) is 24.3 Å². The van der Waals surface area contributed by atoms with Crippen molar-refractivity contribution in [3.8, 4) is 0 Å². The van der Waals surface area contributed by atoms with E-state index in [4.69, 9.17) is 9.47 Å². The Morgan fingerprint density at radius 1 is 1.25 bits per heavy atom. The number of benzene rings is 1. The summed E-state index contributed by atoms with van der Waals surface area (Å²) >= 11 is 0. The molecule has 16 heavy (non-hydrogen) atoms. The Bertz CT molecular complexity index is 290. The van der Waals surface area contributed by atoms with Crippen molar-refractivity contribution in [3.63, 3.8) is 0 Å². The summed E-state index contributed by atoms with van der Waals surface area (Å²) in [6.07, 6.45) is -0.0688. The molecular weight excluding hydrogens is 209 g/mol. The molecule has 4 heteroatoms. The number of hydrogen-bond donors (Lipinski definition) is 1. The molecule has 0 aliphatic heterocycles. The van der Waals surface area contributed by atoms with E-state index in [1.54, 1.807) is 19.2 Å². The Hall–Kier alpha value is -0.970. The summed E-state index contributed by atoms with van der Waals surface area (Å²) in [6.45, 7) is 1.77. The van der Waals surface area contributed by atoms with Crippen LogP contribution in [0.3, 0.4) is 0 Å². The Morgan fingerprint density at radius 2 is 1.94 bits per heavy atom. The van der Waals surface area contributed by atoms with Crippen LogP contribution in [-0.2, 0) is 9.47 Å². The van der Waals surface area contributed by atoms with Crippen LogP contribution in [0.2, 0.25) is 0 Å². The highest BCUT2D eigenvalue weighted by Gasteiger charge is 2.10. The van der Waals surface area contributed by atoms with E-state index in [1.807, 2.05) is 7.05 Å². The lowest BCUT2D eigenvalue weighted by Crippen LogP contribution is -2.21. The number of hydrogen-bond acceptors (Lipinski definition) is 3. The number of rotatable bonds is 7. The highest BCUT2D eigenvalue weighted by Crippen LogP contribution is 2.16. The van der Waals surface area contributed by atoms with E-state index in [2.05, 4.69) is 5.32 Å². The number of methoxy groups -OCH3 is 1. The van der Waals surface area contributed by atoms with Gasteiger partial charge >= 0.3 is 0 Å². The van der Waals surface area contributed by atoms with Gasteiger partial charge in [-0.1, -0.05) is 12.1 Å². The van der Waals surface area contributed by atoms with E-state index in [-0.39, 0.29) is 11.9 Å². The lowest BCUT2D eigenvalue weighted by molar-refractivity contribution is 0.0175. The third kappa shape index (κ3) is 4.26. The van der Waals surface area contributed by atoms with Crippen molar-refractivity contribution >= 4 is 0 Å². The quantitative estimate of drug-likeness (QED) is 0.720. The van der Waals surface area contributed by atoms with Crippen LogP contribution in [0.5, 0.6) is 0 Å². The van der Waals surface area contributed by atoms with Gasteiger partial charge < -0.3 is 14.8 Å². The van der Waals surface area contributed by atoms with E-state index in [9.17, 15) is 4.39 Å². The lowest BCUT2D eigenvalue weighted by atomic mass is 10.1. The Kier molecular flexibility index (Phi) is 6.00. The highest BCUT2D eigenvalue weighted by atomic mass is 19.1. The predicted octanol–water partition coefficient (Wildman–Crippen LogP) is 1.75. The molecule has 0 amide bonds. The molecule has 1 unspecified atom stereocenters. The zero-order valence-electron chi connectivity index (χ0n) is 9.70. The zero-order chi connectivity index (χ0) is 11.8. The van der Waals surface area contributed by atoms with E-state index in [0.29, 0.717) is 19.8 Å². The maximum Gasteiger partial charge on any atom is 0.123 e. The first-order chi connectivity index (χ1) is 7.77. The van der Waals surface area contributed by atoms with Crippen molar-refractivity contribution in [3.05, 3.63) is 35.6 Å². The van der Waals surface area contributed by atoms with Crippen LogP contribution in [0.4, 0.5) is 4.39 Å². The molecule has 0 bridgehead atoms. The molecule has 0 radical (unpaired) electrons. The summed E-state index contributed by atoms with van der Waals surface area (Å²) in [4.78, 5) is 0. The SMILES string of the molecule is CNCC(OCCOC)c1ccc(F)cc1. The Morgan fingerprint density at radius 3 is 2.50 bits per heavy atom. The monoisotopic (exact) mass is 227 g/mol. The molecule has 0 aliphatic carbocycles. The first kappa shape index (κ1) is 13.1. The first-order valence-corrected chi connectivity index (χ1v) is 5.28. The number of ether oxygens (including phenoxy) is 2. The molecule has 0 saturated heterocycles. The number of nitrogens with one attached hydrogen (secondary N) is 1. The fourth-order valence-corrected chi connectivity index (χ4v) is 1.41. The molecular formula is C12H18FNO2. The van der Waals surface area contributed by atoms with Gasteiger partial charge in [0.1, 0.15) is 5.82 Å². The molecule has 1 N–H and O–H groups in total. The van der Waals surface area contributed by atoms with Crippen LogP contribution in [-0.4, -0.2) is 33.9 Å². The van der Waals surface area contributed by atoms with Crippen molar-refractivity contribution in [2.24, 2.45) is 0 Å². The maximum absolute atomic E-state index is 12.8. The summed E-state index contributed by atoms with van der Waals surface area (Å²) < 4.78 is 23.3. The summed E-state index contributed by atoms with van der Waals surface area (Å²) in [5.41, 5.74) is 0.965. The molecule has 3 nitrogen and oxygen atoms in total. The smallest absolute Gasteiger partial charge is 0.123 e. The van der Waals surface area contributed by atoms with Gasteiger partial charge in [0.25, 0.3) is 0 Å². The third-order valence-electron chi connectivity index (χ3n) is 2.24. The minimum absolute atomic E-state index is 0.0688. The molecule has 1 aromatic carbocycles. The molecule has 1 rings (SSSR count). The van der Waals surface area contributed by atoms with Gasteiger partial charge in [0.15, 0.2) is 0 Å². The molecule has 0 fully saturated rings. The number of likely N-dealkylation sites (N-methyl/N-ethyl adjacent to an activating group) is 1. The topological polar surface area (TPSA) is 30.5 Å². The average Bonchev–Trinajstić information content (AvgIpc) is 2.29. The summed E-state index contributed by atoms with van der Waals surface area (Å²) in [5.74, 6) is -0.233. The third-order valence-corrected chi connectivity index (χ3v) is 2.24. The van der Waals surface area contributed by atoms with Crippen LogP contribution in [0.1, 0.15) is 11.7 Å². The number of halogens is 1. The van der Waals surface area contributed by atoms with E-state index in [0.717, 1.165) is 5.56 Å². The van der Waals surface area contributed by atoms with Crippen LogP contribution >= 0.6 is 0 Å². The largest absolute Gasteiger partial charge is 0.382 e. The summed E-state index contributed by atoms with van der Waals surface area (Å²) in [7, 11) is 3.49. The molecule has 0 heterocycles. The summed E-state index contributed by atoms with van der Waals surface area (Å²) in [5, 5.41) is 3.05. The minimum atomic E-state index is -0.233. The van der Waals surface area contributed by atoms with Gasteiger partial charge in [-0.05, 0) is 24.7 Å². The second-order valence-corrected chi connectivity index (χ2v) is 3.46. The molecule has 0 saturated carbocycles. The zero-order valence-corrected chi connectivity index (χ0v) is 9.70. The molecule has 0 aliphatic rings. The van der Waals surface area contributed by atoms with Gasteiger partial charge in [-0.25, -0.2) is 4.39 Å². The second-order valence-electron chi connectivity index (χ2n) is 3.46. The molecule has 0 spiro atoms. The van der Waals surface area contributed by atoms with Gasteiger partial charge in [-0.2, -0.15) is 0 Å². The minimum Gasteiger partial charge on any atom is -0.382 e. The normalized spacial score (nSPS) is 12.7. The average molecular weight is 227 g/mol. The molecule has 0 aromatic heterocycles. The van der Waals surface area contributed by atoms with Crippen molar-refractivity contribution in [2.45, 2.75) is 6.10 Å². The van der Waals surface area contributed by atoms with E-state index < -0.39 is 0 Å². The molecule has 1 atom stereocenters. The molecule has 90 valence electrons. The second kappa shape index (κ2) is 7.33. The summed E-state index contributed by atoms with van der Waals surface area (Å²) in [6, 6.07) is 6.36. The van der Waals surface area contributed by atoms with Crippen molar-refractivity contribution < 1.29 is 13.9 Å². The van der Waals surface area contributed by atoms with Crippen LogP contribution in [0.25, 0.3) is 0 Å². The van der Waals surface area contributed by atoms with Crippen molar-refractivity contribution in [2.75, 3.05) is 33.9 Å². The van der Waals surface area contributed by atoms with Gasteiger partial charge in [0, 0.05) is 13.7 Å². The van der Waals surface area contributed by atoms with Crippen LogP contribution in [0, 0.1) is 5.82 Å². The molecule has 1 aromatic rings. The standard InChI is InChI=1S/C12H18FNO2/c1-14-9-12(16-8-7-15-2)10-3-5-11(13)6-4-10/h3-6,12,14H,7-9H2,1-2H3. The maximum atomic E-state index is 12.8. The van der Waals surface area contributed by atoms with Crippen molar-refractivity contribution in [1.82, 2.24) is 5.32 Å². The van der Waals surface area contributed by atoms with E-state index in [1.165, 1.54) is 12.1 Å². The Balaban J connectivity index is 2.57.